The molecule has 0 saturated carbocycles. The standard InChI is InChI=1S/C22H22Cl2N4O3S/c1-14-2-4-15(5-3-14)9-25-20(30)11-28-17(12-29)10-26-22(28)32-13-21(31)27-16-6-7-18(23)19(24)8-16/h2-8,10,29H,9,11-13H2,1H3,(H,25,30)(H,27,31). The number of benzene rings is 2. The predicted molar refractivity (Wildman–Crippen MR) is 127 cm³/mol. The van der Waals surface area contributed by atoms with Gasteiger partial charge in [-0.05, 0) is 30.7 Å². The number of nitrogens with zero attached hydrogens (tertiary/aromatic N) is 2. The van der Waals surface area contributed by atoms with E-state index in [1.54, 1.807) is 22.8 Å². The Kier molecular flexibility index (Phi) is 8.58. The highest BCUT2D eigenvalue weighted by atomic mass is 35.5. The number of hydrogen-bond donors (Lipinski definition) is 3. The fourth-order valence-electron chi connectivity index (χ4n) is 2.81. The predicted octanol–water partition coefficient (Wildman–Crippen LogP) is 4.04. The van der Waals surface area contributed by atoms with Gasteiger partial charge in [0.05, 0.1) is 34.3 Å². The first-order chi connectivity index (χ1) is 15.4. The van der Waals surface area contributed by atoms with Crippen molar-refractivity contribution in [2.75, 3.05) is 11.1 Å². The van der Waals surface area contributed by atoms with Gasteiger partial charge in [0.2, 0.25) is 11.8 Å². The fourth-order valence-corrected chi connectivity index (χ4v) is 3.90. The van der Waals surface area contributed by atoms with Crippen molar-refractivity contribution in [2.45, 2.75) is 31.8 Å². The Hall–Kier alpha value is -2.52. The monoisotopic (exact) mass is 492 g/mol. The molecule has 0 unspecified atom stereocenters. The van der Waals surface area contributed by atoms with Gasteiger partial charge < -0.3 is 20.3 Å². The largest absolute Gasteiger partial charge is 0.390 e. The van der Waals surface area contributed by atoms with Crippen molar-refractivity contribution in [3.05, 3.63) is 75.5 Å². The third-order valence-corrected chi connectivity index (χ3v) is 6.24. The molecule has 0 bridgehead atoms. The number of aryl methyl sites for hydroxylation is 1. The minimum absolute atomic E-state index is 0.0154. The van der Waals surface area contributed by atoms with Gasteiger partial charge in [0.1, 0.15) is 6.54 Å². The topological polar surface area (TPSA) is 96.2 Å². The van der Waals surface area contributed by atoms with Crippen LogP contribution in [0.2, 0.25) is 10.0 Å². The van der Waals surface area contributed by atoms with Gasteiger partial charge in [0.15, 0.2) is 5.16 Å². The second kappa shape index (κ2) is 11.4. The highest BCUT2D eigenvalue weighted by Gasteiger charge is 2.15. The Bertz CT molecular complexity index is 1100. The van der Waals surface area contributed by atoms with Crippen molar-refractivity contribution in [1.82, 2.24) is 14.9 Å². The van der Waals surface area contributed by atoms with Crippen LogP contribution in [0.5, 0.6) is 0 Å². The zero-order valence-electron chi connectivity index (χ0n) is 17.3. The van der Waals surface area contributed by atoms with E-state index in [4.69, 9.17) is 23.2 Å². The molecule has 3 rings (SSSR count). The van der Waals surface area contributed by atoms with E-state index in [1.807, 2.05) is 31.2 Å². The highest BCUT2D eigenvalue weighted by Crippen LogP contribution is 2.25. The number of aromatic nitrogens is 2. The van der Waals surface area contributed by atoms with E-state index in [1.165, 1.54) is 18.0 Å². The van der Waals surface area contributed by atoms with Crippen LogP contribution in [0.1, 0.15) is 16.8 Å². The molecule has 3 aromatic rings. The number of imidazole rings is 1. The number of carbonyl (C=O) groups excluding carboxylic acids is 2. The van der Waals surface area contributed by atoms with Crippen LogP contribution in [-0.2, 0) is 29.3 Å². The molecule has 2 aromatic carbocycles. The van der Waals surface area contributed by atoms with E-state index < -0.39 is 0 Å². The van der Waals surface area contributed by atoms with Crippen molar-refractivity contribution in [3.8, 4) is 0 Å². The molecule has 0 radical (unpaired) electrons. The van der Waals surface area contributed by atoms with E-state index in [2.05, 4.69) is 15.6 Å². The van der Waals surface area contributed by atoms with Crippen LogP contribution in [0.25, 0.3) is 0 Å². The van der Waals surface area contributed by atoms with Gasteiger partial charge in [-0.15, -0.1) is 0 Å². The normalized spacial score (nSPS) is 10.8. The summed E-state index contributed by atoms with van der Waals surface area (Å²) in [6, 6.07) is 12.7. The Morgan fingerprint density at radius 1 is 1.09 bits per heavy atom. The molecule has 0 fully saturated rings. The van der Waals surface area contributed by atoms with E-state index in [0.717, 1.165) is 11.1 Å². The van der Waals surface area contributed by atoms with Gasteiger partial charge in [0.25, 0.3) is 0 Å². The molecule has 0 aliphatic heterocycles. The van der Waals surface area contributed by atoms with E-state index in [0.29, 0.717) is 33.1 Å². The number of hydrogen-bond acceptors (Lipinski definition) is 5. The maximum atomic E-state index is 12.5. The van der Waals surface area contributed by atoms with Crippen molar-refractivity contribution >= 4 is 52.5 Å². The molecule has 1 heterocycles. The summed E-state index contributed by atoms with van der Waals surface area (Å²) in [7, 11) is 0. The van der Waals surface area contributed by atoms with Gasteiger partial charge >= 0.3 is 0 Å². The molecule has 2 amide bonds. The summed E-state index contributed by atoms with van der Waals surface area (Å²) in [6.07, 6.45) is 1.49. The number of rotatable bonds is 9. The van der Waals surface area contributed by atoms with Crippen LogP contribution in [0.4, 0.5) is 5.69 Å². The van der Waals surface area contributed by atoms with Crippen LogP contribution in [0, 0.1) is 6.92 Å². The fraction of sp³-hybridized carbons (Fsp3) is 0.227. The number of aliphatic hydroxyl groups is 1. The minimum atomic E-state index is -0.270. The van der Waals surface area contributed by atoms with Gasteiger partial charge in [0, 0.05) is 12.2 Å². The zero-order chi connectivity index (χ0) is 23.1. The second-order valence-electron chi connectivity index (χ2n) is 7.00. The van der Waals surface area contributed by atoms with Crippen LogP contribution >= 0.6 is 35.0 Å². The van der Waals surface area contributed by atoms with Crippen molar-refractivity contribution in [2.24, 2.45) is 0 Å². The summed E-state index contributed by atoms with van der Waals surface area (Å²) >= 11 is 13.0. The van der Waals surface area contributed by atoms with Crippen LogP contribution < -0.4 is 10.6 Å². The number of aliphatic hydroxyl groups excluding tert-OH is 1. The Morgan fingerprint density at radius 3 is 2.53 bits per heavy atom. The SMILES string of the molecule is Cc1ccc(CNC(=O)Cn2c(CO)cnc2SCC(=O)Nc2ccc(Cl)c(Cl)c2)cc1. The van der Waals surface area contributed by atoms with E-state index >= 15 is 0 Å². The number of nitrogens with one attached hydrogen (secondary N) is 2. The molecule has 0 aliphatic carbocycles. The van der Waals surface area contributed by atoms with Crippen LogP contribution in [0.15, 0.2) is 53.8 Å². The summed E-state index contributed by atoms with van der Waals surface area (Å²) in [5.41, 5.74) is 3.16. The quantitative estimate of drug-likeness (QED) is 0.391. The van der Waals surface area contributed by atoms with Crippen molar-refractivity contribution in [1.29, 1.82) is 0 Å². The lowest BCUT2D eigenvalue weighted by Gasteiger charge is -2.11. The summed E-state index contributed by atoms with van der Waals surface area (Å²) in [4.78, 5) is 29.0. The Labute approximate surface area is 200 Å². The molecule has 0 saturated heterocycles. The van der Waals surface area contributed by atoms with Gasteiger partial charge in [-0.25, -0.2) is 4.98 Å². The molecular formula is C22H22Cl2N4O3S. The lowest BCUT2D eigenvalue weighted by atomic mass is 10.1. The zero-order valence-corrected chi connectivity index (χ0v) is 19.6. The van der Waals surface area contributed by atoms with Gasteiger partial charge in [-0.2, -0.15) is 0 Å². The maximum Gasteiger partial charge on any atom is 0.240 e. The summed E-state index contributed by atoms with van der Waals surface area (Å²) in [6.45, 7) is 2.12. The molecule has 32 heavy (non-hydrogen) atoms. The molecule has 7 nitrogen and oxygen atoms in total. The number of amides is 2. The lowest BCUT2D eigenvalue weighted by molar-refractivity contribution is -0.122. The van der Waals surface area contributed by atoms with Crippen LogP contribution in [0.3, 0.4) is 0 Å². The Balaban J connectivity index is 1.57. The number of halogens is 2. The van der Waals surface area contributed by atoms with E-state index in [-0.39, 0.29) is 30.7 Å². The third kappa shape index (κ3) is 6.74. The Morgan fingerprint density at radius 2 is 1.84 bits per heavy atom. The second-order valence-corrected chi connectivity index (χ2v) is 8.76. The summed E-state index contributed by atoms with van der Waals surface area (Å²) in [5, 5.41) is 16.4. The molecule has 3 N–H and O–H groups in total. The maximum absolute atomic E-state index is 12.5. The van der Waals surface area contributed by atoms with Crippen molar-refractivity contribution < 1.29 is 14.7 Å². The van der Waals surface area contributed by atoms with Crippen LogP contribution in [-0.4, -0.2) is 32.2 Å². The highest BCUT2D eigenvalue weighted by molar-refractivity contribution is 7.99. The van der Waals surface area contributed by atoms with Crippen molar-refractivity contribution in [3.63, 3.8) is 0 Å². The minimum Gasteiger partial charge on any atom is -0.390 e. The summed E-state index contributed by atoms with van der Waals surface area (Å²) in [5.74, 6) is -0.426. The molecule has 0 aliphatic rings. The third-order valence-electron chi connectivity index (χ3n) is 4.51. The van der Waals surface area contributed by atoms with Gasteiger partial charge in [-0.3, -0.25) is 9.59 Å². The molecule has 0 atom stereocenters. The molecule has 1 aromatic heterocycles. The average Bonchev–Trinajstić information content (AvgIpc) is 3.16. The lowest BCUT2D eigenvalue weighted by Crippen LogP contribution is -2.28. The first kappa shape index (κ1) is 24.1. The smallest absolute Gasteiger partial charge is 0.240 e. The van der Waals surface area contributed by atoms with E-state index in [9.17, 15) is 14.7 Å². The molecular weight excluding hydrogens is 471 g/mol. The van der Waals surface area contributed by atoms with Gasteiger partial charge in [-0.1, -0.05) is 64.8 Å². The molecule has 10 heteroatoms. The molecule has 168 valence electrons. The first-order valence-corrected chi connectivity index (χ1v) is 11.4. The average molecular weight is 493 g/mol. The number of thioether (sulfide) groups is 1. The first-order valence-electron chi connectivity index (χ1n) is 9.71. The number of anilines is 1. The molecule has 0 spiro atoms. The summed E-state index contributed by atoms with van der Waals surface area (Å²) < 4.78 is 1.60. The number of carbonyl (C=O) groups is 2.